The Labute approximate surface area is 68.7 Å². The second-order valence-corrected chi connectivity index (χ2v) is 4.18. The maximum atomic E-state index is 12.8. The van der Waals surface area contributed by atoms with Gasteiger partial charge in [-0.3, -0.25) is 0 Å². The van der Waals surface area contributed by atoms with Gasteiger partial charge in [0.2, 0.25) is 0 Å². The van der Waals surface area contributed by atoms with E-state index in [4.69, 9.17) is 0 Å². The Hall–Kier alpha value is 0.620. The fourth-order valence-electron chi connectivity index (χ4n) is 1.03. The van der Waals surface area contributed by atoms with Gasteiger partial charge < -0.3 is 4.90 Å². The molecule has 1 unspecified atom stereocenters. The molecule has 3 heteroatoms. The first-order chi connectivity index (χ1) is 4.20. The van der Waals surface area contributed by atoms with E-state index in [2.05, 4.69) is 22.6 Å². The van der Waals surface area contributed by atoms with E-state index in [9.17, 15) is 4.39 Å². The number of halogens is 2. The molecule has 0 amide bonds. The Morgan fingerprint density at radius 1 is 1.67 bits per heavy atom. The maximum Gasteiger partial charge on any atom is 0.124 e. The Balaban J connectivity index is 2.35. The minimum absolute atomic E-state index is 0.249. The summed E-state index contributed by atoms with van der Waals surface area (Å²) in [7, 11) is 1.97. The number of piperidine rings is 1. The van der Waals surface area contributed by atoms with E-state index in [1.165, 1.54) is 0 Å². The maximum absolute atomic E-state index is 12.8. The van der Waals surface area contributed by atoms with Crippen molar-refractivity contribution in [1.82, 2.24) is 4.90 Å². The highest BCUT2D eigenvalue weighted by Crippen LogP contribution is 2.19. The fourth-order valence-corrected chi connectivity index (χ4v) is 1.53. The van der Waals surface area contributed by atoms with Crippen molar-refractivity contribution in [2.75, 3.05) is 20.1 Å². The summed E-state index contributed by atoms with van der Waals surface area (Å²) in [5, 5.41) is 0. The lowest BCUT2D eigenvalue weighted by Crippen LogP contribution is -2.39. The van der Waals surface area contributed by atoms with E-state index in [0.29, 0.717) is 6.54 Å². The second kappa shape index (κ2) is 3.14. The molecule has 0 bridgehead atoms. The third-order valence-corrected chi connectivity index (χ3v) is 3.07. The molecule has 0 spiro atoms. The largest absolute Gasteiger partial charge is 0.303 e. The summed E-state index contributed by atoms with van der Waals surface area (Å²) in [4.78, 5) is 2.04. The molecule has 0 radical (unpaired) electrons. The molecule has 1 heterocycles. The van der Waals surface area contributed by atoms with Crippen LogP contribution in [-0.4, -0.2) is 35.1 Å². The van der Waals surface area contributed by atoms with E-state index in [-0.39, 0.29) is 3.92 Å². The van der Waals surface area contributed by atoms with Gasteiger partial charge in [0, 0.05) is 10.5 Å². The van der Waals surface area contributed by atoms with E-state index < -0.39 is 6.17 Å². The van der Waals surface area contributed by atoms with Crippen LogP contribution in [0.5, 0.6) is 0 Å². The normalized spacial score (nSPS) is 39.0. The summed E-state index contributed by atoms with van der Waals surface area (Å²) in [6, 6.07) is 0. The van der Waals surface area contributed by atoms with E-state index in [1.807, 2.05) is 11.9 Å². The Morgan fingerprint density at radius 2 is 2.33 bits per heavy atom. The Morgan fingerprint density at radius 3 is 2.78 bits per heavy atom. The average Bonchev–Trinajstić information content (AvgIpc) is 1.80. The van der Waals surface area contributed by atoms with Crippen LogP contribution in [0, 0.1) is 0 Å². The molecular formula is C6H11FIN. The van der Waals surface area contributed by atoms with Gasteiger partial charge in [0.05, 0.1) is 0 Å². The number of alkyl halides is 2. The second-order valence-electron chi connectivity index (χ2n) is 2.58. The molecule has 0 N–H and O–H groups in total. The molecule has 2 atom stereocenters. The highest BCUT2D eigenvalue weighted by atomic mass is 127. The van der Waals surface area contributed by atoms with Gasteiger partial charge in [-0.1, -0.05) is 22.6 Å². The van der Waals surface area contributed by atoms with Gasteiger partial charge >= 0.3 is 0 Å². The summed E-state index contributed by atoms with van der Waals surface area (Å²) in [5.74, 6) is 0. The topological polar surface area (TPSA) is 3.24 Å². The summed E-state index contributed by atoms with van der Waals surface area (Å²) in [6.45, 7) is 1.67. The van der Waals surface area contributed by atoms with Crippen molar-refractivity contribution in [2.24, 2.45) is 0 Å². The van der Waals surface area contributed by atoms with Crippen molar-refractivity contribution in [3.05, 3.63) is 0 Å². The molecule has 54 valence electrons. The van der Waals surface area contributed by atoms with Crippen molar-refractivity contribution >= 4 is 22.6 Å². The average molecular weight is 243 g/mol. The van der Waals surface area contributed by atoms with Crippen LogP contribution >= 0.6 is 22.6 Å². The molecule has 1 rings (SSSR count). The standard InChI is InChI=1S/C6H11FIN/c1-9-3-2-6(8)5(7)4-9/h5-6H,2-4H2,1H3/t5-,6?/m0/s1. The van der Waals surface area contributed by atoms with Crippen molar-refractivity contribution in [3.63, 3.8) is 0 Å². The first-order valence-corrected chi connectivity index (χ1v) is 4.41. The molecule has 9 heavy (non-hydrogen) atoms. The number of hydrogen-bond acceptors (Lipinski definition) is 1. The quantitative estimate of drug-likeness (QED) is 0.460. The van der Waals surface area contributed by atoms with Crippen molar-refractivity contribution in [2.45, 2.75) is 16.5 Å². The van der Waals surface area contributed by atoms with Crippen LogP contribution in [0.2, 0.25) is 0 Å². The van der Waals surface area contributed by atoms with Gasteiger partial charge in [-0.15, -0.1) is 0 Å². The van der Waals surface area contributed by atoms with Crippen LogP contribution in [0.25, 0.3) is 0 Å². The number of rotatable bonds is 0. The number of nitrogens with zero attached hydrogens (tertiary/aromatic N) is 1. The van der Waals surface area contributed by atoms with Crippen LogP contribution in [0.3, 0.4) is 0 Å². The molecule has 1 aliphatic rings. The zero-order valence-electron chi connectivity index (χ0n) is 5.48. The van der Waals surface area contributed by atoms with Gasteiger partial charge in [0.15, 0.2) is 0 Å². The molecule has 0 saturated carbocycles. The Bertz CT molecular complexity index is 99.1. The molecule has 1 fully saturated rings. The molecule has 0 aromatic rings. The smallest absolute Gasteiger partial charge is 0.124 e. The molecule has 1 nitrogen and oxygen atoms in total. The number of likely N-dealkylation sites (tertiary alicyclic amines) is 1. The first kappa shape index (κ1) is 7.72. The van der Waals surface area contributed by atoms with Crippen molar-refractivity contribution < 1.29 is 4.39 Å². The van der Waals surface area contributed by atoms with E-state index in [0.717, 1.165) is 13.0 Å². The van der Waals surface area contributed by atoms with E-state index in [1.54, 1.807) is 0 Å². The third-order valence-electron chi connectivity index (χ3n) is 1.67. The zero-order chi connectivity index (χ0) is 6.85. The van der Waals surface area contributed by atoms with Gasteiger partial charge in [0.1, 0.15) is 6.17 Å². The lowest BCUT2D eigenvalue weighted by atomic mass is 10.1. The molecular weight excluding hydrogens is 232 g/mol. The van der Waals surface area contributed by atoms with Crippen LogP contribution in [0.15, 0.2) is 0 Å². The lowest BCUT2D eigenvalue weighted by molar-refractivity contribution is 0.175. The lowest BCUT2D eigenvalue weighted by Gasteiger charge is -2.28. The summed E-state index contributed by atoms with van der Waals surface area (Å²) < 4.78 is 13.0. The van der Waals surface area contributed by atoms with Gasteiger partial charge in [0.25, 0.3) is 0 Å². The van der Waals surface area contributed by atoms with Gasteiger partial charge in [-0.05, 0) is 20.0 Å². The summed E-state index contributed by atoms with van der Waals surface area (Å²) in [6.07, 6.45) is 0.391. The van der Waals surface area contributed by atoms with Crippen LogP contribution < -0.4 is 0 Å². The molecule has 1 aliphatic heterocycles. The minimum Gasteiger partial charge on any atom is -0.303 e. The van der Waals surface area contributed by atoms with Crippen LogP contribution in [0.4, 0.5) is 4.39 Å². The summed E-state index contributed by atoms with van der Waals surface area (Å²) >= 11 is 2.19. The summed E-state index contributed by atoms with van der Waals surface area (Å²) in [5.41, 5.74) is 0. The van der Waals surface area contributed by atoms with Gasteiger partial charge in [-0.25, -0.2) is 4.39 Å². The monoisotopic (exact) mass is 243 g/mol. The fraction of sp³-hybridized carbons (Fsp3) is 1.00. The van der Waals surface area contributed by atoms with Crippen molar-refractivity contribution in [1.29, 1.82) is 0 Å². The van der Waals surface area contributed by atoms with Crippen molar-refractivity contribution in [3.8, 4) is 0 Å². The highest BCUT2D eigenvalue weighted by molar-refractivity contribution is 14.1. The number of hydrogen-bond donors (Lipinski definition) is 0. The first-order valence-electron chi connectivity index (χ1n) is 3.17. The third kappa shape index (κ3) is 2.04. The molecule has 0 aliphatic carbocycles. The minimum atomic E-state index is -0.607. The van der Waals surface area contributed by atoms with E-state index >= 15 is 0 Å². The molecule has 1 saturated heterocycles. The zero-order valence-corrected chi connectivity index (χ0v) is 7.64. The predicted molar refractivity (Wildman–Crippen MR) is 44.8 cm³/mol. The SMILES string of the molecule is CN1CCC(I)[C@@H](F)C1. The molecule has 0 aromatic carbocycles. The van der Waals surface area contributed by atoms with Crippen LogP contribution in [-0.2, 0) is 0 Å². The highest BCUT2D eigenvalue weighted by Gasteiger charge is 2.24. The predicted octanol–water partition coefficient (Wildman–Crippen LogP) is 1.46. The Kier molecular flexibility index (Phi) is 2.70. The molecule has 0 aromatic heterocycles. The van der Waals surface area contributed by atoms with Crippen LogP contribution in [0.1, 0.15) is 6.42 Å². The van der Waals surface area contributed by atoms with Gasteiger partial charge in [-0.2, -0.15) is 0 Å².